The molecule has 3 rings (SSSR count). The molecular weight excluding hydrogens is 366 g/mol. The average molecular weight is 381 g/mol. The Hall–Kier alpha value is -2.30. The third-order valence-electron chi connectivity index (χ3n) is 3.89. The molecule has 132 valence electrons. The predicted molar refractivity (Wildman–Crippen MR) is 93.0 cm³/mol. The van der Waals surface area contributed by atoms with E-state index in [1.165, 1.54) is 34.6 Å². The number of benzene rings is 1. The summed E-state index contributed by atoms with van der Waals surface area (Å²) in [5, 5.41) is 15.1. The predicted octanol–water partition coefficient (Wildman–Crippen LogP) is 2.45. The first-order chi connectivity index (χ1) is 11.9. The molecule has 0 aliphatic carbocycles. The molecule has 1 aliphatic heterocycles. The number of carbonyl (C=O) groups excluding carboxylic acids is 1. The second-order valence-corrected chi connectivity index (χ2v) is 8.57. The topological polar surface area (TPSA) is 110 Å². The van der Waals surface area contributed by atoms with Crippen molar-refractivity contribution < 1.29 is 18.1 Å². The van der Waals surface area contributed by atoms with Crippen molar-refractivity contribution in [1.29, 1.82) is 0 Å². The zero-order valence-electron chi connectivity index (χ0n) is 13.0. The van der Waals surface area contributed by atoms with Gasteiger partial charge in [-0.2, -0.15) is 4.31 Å². The molecule has 0 saturated carbocycles. The van der Waals surface area contributed by atoms with E-state index < -0.39 is 26.9 Å². The third-order valence-corrected chi connectivity index (χ3v) is 7.17. The number of thiophene rings is 1. The summed E-state index contributed by atoms with van der Waals surface area (Å²) in [6.07, 6.45) is 0.989. The molecular formula is C15H15N3O5S2. The van der Waals surface area contributed by atoms with Gasteiger partial charge in [0.2, 0.25) is 5.91 Å². The van der Waals surface area contributed by atoms with Crippen LogP contribution in [0.5, 0.6) is 0 Å². The molecule has 25 heavy (non-hydrogen) atoms. The van der Waals surface area contributed by atoms with Crippen molar-refractivity contribution >= 4 is 38.6 Å². The van der Waals surface area contributed by atoms with Crippen molar-refractivity contribution in [2.45, 2.75) is 23.1 Å². The fraction of sp³-hybridized carbons (Fsp3) is 0.267. The third kappa shape index (κ3) is 3.55. The van der Waals surface area contributed by atoms with Crippen molar-refractivity contribution in [2.75, 3.05) is 11.9 Å². The molecule has 0 spiro atoms. The van der Waals surface area contributed by atoms with Gasteiger partial charge in [0.25, 0.3) is 15.7 Å². The Morgan fingerprint density at radius 2 is 2.12 bits per heavy atom. The summed E-state index contributed by atoms with van der Waals surface area (Å²) in [5.74, 6) is -0.488. The Morgan fingerprint density at radius 3 is 2.80 bits per heavy atom. The highest BCUT2D eigenvalue weighted by Gasteiger charge is 2.39. The van der Waals surface area contributed by atoms with Gasteiger partial charge in [0.1, 0.15) is 10.3 Å². The van der Waals surface area contributed by atoms with E-state index in [4.69, 9.17) is 0 Å². The fourth-order valence-electron chi connectivity index (χ4n) is 2.74. The van der Waals surface area contributed by atoms with E-state index in [2.05, 4.69) is 5.32 Å². The van der Waals surface area contributed by atoms with Crippen molar-refractivity contribution in [3.8, 4) is 0 Å². The number of sulfonamides is 1. The van der Waals surface area contributed by atoms with Crippen LogP contribution in [0.1, 0.15) is 12.8 Å². The van der Waals surface area contributed by atoms with Crippen molar-refractivity contribution in [3.63, 3.8) is 0 Å². The molecule has 1 aromatic heterocycles. The highest BCUT2D eigenvalue weighted by molar-refractivity contribution is 7.91. The molecule has 1 N–H and O–H groups in total. The minimum absolute atomic E-state index is 0.146. The maximum absolute atomic E-state index is 12.7. The molecule has 1 amide bonds. The van der Waals surface area contributed by atoms with E-state index in [0.29, 0.717) is 12.8 Å². The molecule has 1 saturated heterocycles. The first-order valence-corrected chi connectivity index (χ1v) is 9.82. The molecule has 1 aliphatic rings. The van der Waals surface area contributed by atoms with Crippen LogP contribution in [0, 0.1) is 10.1 Å². The summed E-state index contributed by atoms with van der Waals surface area (Å²) in [5.41, 5.74) is 0.117. The minimum atomic E-state index is -3.72. The number of hydrogen-bond donors (Lipinski definition) is 1. The number of nitro benzene ring substituents is 1. The summed E-state index contributed by atoms with van der Waals surface area (Å²) in [7, 11) is -3.72. The molecule has 0 radical (unpaired) electrons. The van der Waals surface area contributed by atoms with Gasteiger partial charge in [-0.25, -0.2) is 8.42 Å². The largest absolute Gasteiger partial charge is 0.324 e. The molecule has 0 bridgehead atoms. The van der Waals surface area contributed by atoms with Crippen LogP contribution in [0.15, 0.2) is 46.0 Å². The van der Waals surface area contributed by atoms with Crippen molar-refractivity contribution in [3.05, 3.63) is 51.9 Å². The Balaban J connectivity index is 1.80. The lowest BCUT2D eigenvalue weighted by atomic mass is 10.2. The van der Waals surface area contributed by atoms with Gasteiger partial charge in [-0.3, -0.25) is 14.9 Å². The molecule has 1 fully saturated rings. The average Bonchev–Trinajstić information content (AvgIpc) is 3.27. The Kier molecular flexibility index (Phi) is 4.84. The second-order valence-electron chi connectivity index (χ2n) is 5.50. The number of anilines is 1. The number of carbonyl (C=O) groups is 1. The normalized spacial score (nSPS) is 18.2. The lowest BCUT2D eigenvalue weighted by Gasteiger charge is -2.22. The first-order valence-electron chi connectivity index (χ1n) is 7.50. The second kappa shape index (κ2) is 6.90. The quantitative estimate of drug-likeness (QED) is 0.632. The zero-order chi connectivity index (χ0) is 18.0. The van der Waals surface area contributed by atoms with Crippen molar-refractivity contribution in [2.24, 2.45) is 0 Å². The number of nitrogens with zero attached hydrogens (tertiary/aromatic N) is 2. The van der Waals surface area contributed by atoms with Gasteiger partial charge in [0, 0.05) is 24.4 Å². The van der Waals surface area contributed by atoms with Crippen LogP contribution < -0.4 is 5.32 Å². The number of nitrogens with one attached hydrogen (secondary N) is 1. The van der Waals surface area contributed by atoms with Crippen LogP contribution in [0.25, 0.3) is 0 Å². The highest BCUT2D eigenvalue weighted by Crippen LogP contribution is 2.29. The number of hydrogen-bond acceptors (Lipinski definition) is 6. The van der Waals surface area contributed by atoms with E-state index in [0.717, 1.165) is 11.3 Å². The van der Waals surface area contributed by atoms with Crippen LogP contribution in [0.4, 0.5) is 11.4 Å². The maximum Gasteiger partial charge on any atom is 0.271 e. The van der Waals surface area contributed by atoms with Crippen molar-refractivity contribution in [1.82, 2.24) is 4.31 Å². The molecule has 1 atom stereocenters. The van der Waals surface area contributed by atoms with Gasteiger partial charge in [-0.1, -0.05) is 12.1 Å². The van der Waals surface area contributed by atoms with Gasteiger partial charge < -0.3 is 5.32 Å². The standard InChI is InChI=1S/C15H15N3O5S2/c19-15(16-11-4-1-5-12(10-11)18(20)21)13-6-2-8-17(13)25(22,23)14-7-3-9-24-14/h1,3-5,7,9-10,13H,2,6,8H2,(H,16,19). The molecule has 1 unspecified atom stereocenters. The van der Waals surface area contributed by atoms with E-state index in [9.17, 15) is 23.3 Å². The van der Waals surface area contributed by atoms with Crippen LogP contribution >= 0.6 is 11.3 Å². The molecule has 8 nitrogen and oxygen atoms in total. The fourth-order valence-corrected chi connectivity index (χ4v) is 5.51. The van der Waals surface area contributed by atoms with Crippen LogP contribution in [-0.2, 0) is 14.8 Å². The lowest BCUT2D eigenvalue weighted by molar-refractivity contribution is -0.384. The van der Waals surface area contributed by atoms with Crippen LogP contribution in [0.2, 0.25) is 0 Å². The summed E-state index contributed by atoms with van der Waals surface area (Å²) in [6.45, 7) is 0.271. The van der Waals surface area contributed by atoms with Crippen LogP contribution in [0.3, 0.4) is 0 Å². The van der Waals surface area contributed by atoms with E-state index in [1.54, 1.807) is 11.4 Å². The summed E-state index contributed by atoms with van der Waals surface area (Å²) >= 11 is 1.10. The first kappa shape index (κ1) is 17.5. The monoisotopic (exact) mass is 381 g/mol. The van der Waals surface area contributed by atoms with Crippen LogP contribution in [-0.4, -0.2) is 36.1 Å². The number of non-ortho nitro benzene ring substituents is 1. The Bertz CT molecular complexity index is 896. The smallest absolute Gasteiger partial charge is 0.271 e. The number of amides is 1. The van der Waals surface area contributed by atoms with Gasteiger partial charge in [-0.15, -0.1) is 11.3 Å². The minimum Gasteiger partial charge on any atom is -0.324 e. The zero-order valence-corrected chi connectivity index (χ0v) is 14.6. The van der Waals surface area contributed by atoms with Gasteiger partial charge >= 0.3 is 0 Å². The van der Waals surface area contributed by atoms with E-state index in [-0.39, 0.29) is 22.1 Å². The summed E-state index contributed by atoms with van der Waals surface area (Å²) in [4.78, 5) is 22.8. The molecule has 1 aromatic carbocycles. The Labute approximate surface area is 148 Å². The SMILES string of the molecule is O=C(Nc1cccc([N+](=O)[O-])c1)C1CCCN1S(=O)(=O)c1cccs1. The lowest BCUT2D eigenvalue weighted by Crippen LogP contribution is -2.42. The maximum atomic E-state index is 12.7. The van der Waals surface area contributed by atoms with E-state index >= 15 is 0 Å². The molecule has 2 aromatic rings. The molecule has 10 heteroatoms. The van der Waals surface area contributed by atoms with Gasteiger partial charge in [-0.05, 0) is 30.4 Å². The van der Waals surface area contributed by atoms with Gasteiger partial charge in [0.05, 0.1) is 4.92 Å². The Morgan fingerprint density at radius 1 is 1.32 bits per heavy atom. The van der Waals surface area contributed by atoms with E-state index in [1.807, 2.05) is 0 Å². The number of nitro groups is 1. The summed E-state index contributed by atoms with van der Waals surface area (Å²) < 4.78 is 26.7. The summed E-state index contributed by atoms with van der Waals surface area (Å²) in [6, 6.07) is 7.87. The van der Waals surface area contributed by atoms with Gasteiger partial charge in [0.15, 0.2) is 0 Å². The highest BCUT2D eigenvalue weighted by atomic mass is 32.2. The number of rotatable bonds is 5. The molecule has 2 heterocycles.